The van der Waals surface area contributed by atoms with Gasteiger partial charge in [0, 0.05) is 12.6 Å². The van der Waals surface area contributed by atoms with Gasteiger partial charge in [0.1, 0.15) is 0 Å². The highest BCUT2D eigenvalue weighted by atomic mass is 19.1. The van der Waals surface area contributed by atoms with Gasteiger partial charge in [-0.3, -0.25) is 0 Å². The number of rotatable bonds is 5. The zero-order valence-corrected chi connectivity index (χ0v) is 9.09. The number of hydrogen-bond donors (Lipinski definition) is 2. The minimum atomic E-state index is -0.373. The first-order valence-corrected chi connectivity index (χ1v) is 4.98. The molecule has 1 aromatic rings. The number of ether oxygens (including phenoxy) is 1. The summed E-state index contributed by atoms with van der Waals surface area (Å²) in [5.74, 6) is -0.128. The van der Waals surface area contributed by atoms with E-state index in [4.69, 9.17) is 10.5 Å². The van der Waals surface area contributed by atoms with Gasteiger partial charge in [-0.2, -0.15) is 0 Å². The minimum Gasteiger partial charge on any atom is -0.494 e. The first kappa shape index (κ1) is 11.9. The van der Waals surface area contributed by atoms with Crippen LogP contribution in [0.1, 0.15) is 18.5 Å². The molecule has 84 valence electrons. The molecular weight excluding hydrogens is 195 g/mol. The Bertz CT molecular complexity index is 317. The second kappa shape index (κ2) is 5.68. The van der Waals surface area contributed by atoms with E-state index >= 15 is 0 Å². The van der Waals surface area contributed by atoms with E-state index in [-0.39, 0.29) is 17.6 Å². The fourth-order valence-electron chi connectivity index (χ4n) is 1.33. The molecule has 1 unspecified atom stereocenters. The number of nitrogens with one attached hydrogen (secondary N) is 1. The number of benzene rings is 1. The lowest BCUT2D eigenvalue weighted by Crippen LogP contribution is -2.26. The molecule has 0 saturated carbocycles. The average molecular weight is 212 g/mol. The number of likely N-dealkylation sites (N-methyl/N-ethyl adjacent to an activating group) is 1. The van der Waals surface area contributed by atoms with Crippen molar-refractivity contribution in [3.8, 4) is 5.75 Å². The predicted octanol–water partition coefficient (Wildman–Crippen LogP) is 1.44. The van der Waals surface area contributed by atoms with E-state index in [1.54, 1.807) is 12.1 Å². The van der Waals surface area contributed by atoms with Crippen LogP contribution in [0.5, 0.6) is 5.75 Å². The van der Waals surface area contributed by atoms with Crippen LogP contribution in [0.15, 0.2) is 18.2 Å². The molecule has 0 aliphatic carbocycles. The van der Waals surface area contributed by atoms with Crippen LogP contribution >= 0.6 is 0 Å². The van der Waals surface area contributed by atoms with E-state index in [0.717, 1.165) is 12.1 Å². The molecule has 0 amide bonds. The molecule has 3 nitrogen and oxygen atoms in total. The quantitative estimate of drug-likeness (QED) is 0.776. The first-order chi connectivity index (χ1) is 7.19. The molecule has 15 heavy (non-hydrogen) atoms. The smallest absolute Gasteiger partial charge is 0.165 e. The summed E-state index contributed by atoms with van der Waals surface area (Å²) in [4.78, 5) is 0. The van der Waals surface area contributed by atoms with Crippen molar-refractivity contribution in [2.45, 2.75) is 13.0 Å². The Balaban J connectivity index is 2.73. The van der Waals surface area contributed by atoms with Crippen molar-refractivity contribution in [3.05, 3.63) is 29.6 Å². The van der Waals surface area contributed by atoms with Gasteiger partial charge in [0.2, 0.25) is 0 Å². The second-order valence-electron chi connectivity index (χ2n) is 3.31. The summed E-state index contributed by atoms with van der Waals surface area (Å²) in [6.45, 7) is 3.50. The monoisotopic (exact) mass is 212 g/mol. The van der Waals surface area contributed by atoms with Crippen LogP contribution in [0.4, 0.5) is 4.39 Å². The van der Waals surface area contributed by atoms with E-state index in [1.807, 2.05) is 6.92 Å². The summed E-state index contributed by atoms with van der Waals surface area (Å²) < 4.78 is 18.2. The van der Waals surface area contributed by atoms with Crippen LogP contribution in [0.3, 0.4) is 0 Å². The Labute approximate surface area is 89.4 Å². The highest BCUT2D eigenvalue weighted by Gasteiger charge is 2.09. The third-order valence-electron chi connectivity index (χ3n) is 2.22. The number of halogens is 1. The SMILES string of the molecule is CCNCC(N)c1ccc(OC)c(F)c1. The van der Waals surface area contributed by atoms with Crippen LogP contribution in [0.2, 0.25) is 0 Å². The maximum Gasteiger partial charge on any atom is 0.165 e. The highest BCUT2D eigenvalue weighted by molar-refractivity contribution is 5.31. The molecule has 0 bridgehead atoms. The van der Waals surface area contributed by atoms with Crippen molar-refractivity contribution in [1.29, 1.82) is 0 Å². The van der Waals surface area contributed by atoms with Crippen molar-refractivity contribution in [3.63, 3.8) is 0 Å². The highest BCUT2D eigenvalue weighted by Crippen LogP contribution is 2.20. The fraction of sp³-hybridized carbons (Fsp3) is 0.455. The lowest BCUT2D eigenvalue weighted by Gasteiger charge is -2.13. The number of methoxy groups -OCH3 is 1. The van der Waals surface area contributed by atoms with Gasteiger partial charge in [-0.15, -0.1) is 0 Å². The molecular formula is C11H17FN2O. The van der Waals surface area contributed by atoms with Gasteiger partial charge in [-0.1, -0.05) is 13.0 Å². The Morgan fingerprint density at radius 3 is 2.80 bits per heavy atom. The van der Waals surface area contributed by atoms with Crippen molar-refractivity contribution in [2.24, 2.45) is 5.73 Å². The van der Waals surface area contributed by atoms with Gasteiger partial charge in [-0.05, 0) is 24.2 Å². The molecule has 4 heteroatoms. The Hall–Kier alpha value is -1.13. The van der Waals surface area contributed by atoms with E-state index in [2.05, 4.69) is 5.32 Å². The van der Waals surface area contributed by atoms with Crippen LogP contribution in [0.25, 0.3) is 0 Å². The molecule has 1 aromatic carbocycles. The van der Waals surface area contributed by atoms with Crippen LogP contribution in [-0.2, 0) is 0 Å². The van der Waals surface area contributed by atoms with Gasteiger partial charge in [-0.25, -0.2) is 4.39 Å². The molecule has 0 saturated heterocycles. The summed E-state index contributed by atoms with van der Waals surface area (Å²) in [7, 11) is 1.44. The maximum atomic E-state index is 13.3. The maximum absolute atomic E-state index is 13.3. The third-order valence-corrected chi connectivity index (χ3v) is 2.22. The van der Waals surface area contributed by atoms with Crippen molar-refractivity contribution in [1.82, 2.24) is 5.32 Å². The van der Waals surface area contributed by atoms with Gasteiger partial charge in [0.25, 0.3) is 0 Å². The molecule has 0 fully saturated rings. The minimum absolute atomic E-state index is 0.189. The summed E-state index contributed by atoms with van der Waals surface area (Å²) in [5, 5.41) is 3.12. The number of nitrogens with two attached hydrogens (primary N) is 1. The topological polar surface area (TPSA) is 47.3 Å². The van der Waals surface area contributed by atoms with Crippen molar-refractivity contribution < 1.29 is 9.13 Å². The molecule has 0 aliphatic rings. The fourth-order valence-corrected chi connectivity index (χ4v) is 1.33. The molecule has 0 aromatic heterocycles. The Morgan fingerprint density at radius 2 is 2.27 bits per heavy atom. The lowest BCUT2D eigenvalue weighted by molar-refractivity contribution is 0.385. The molecule has 1 rings (SSSR count). The van der Waals surface area contributed by atoms with E-state index in [9.17, 15) is 4.39 Å². The molecule has 0 aliphatic heterocycles. The summed E-state index contributed by atoms with van der Waals surface area (Å²) in [6, 6.07) is 4.60. The largest absolute Gasteiger partial charge is 0.494 e. The van der Waals surface area contributed by atoms with E-state index < -0.39 is 0 Å². The van der Waals surface area contributed by atoms with Crippen molar-refractivity contribution in [2.75, 3.05) is 20.2 Å². The zero-order valence-electron chi connectivity index (χ0n) is 9.09. The van der Waals surface area contributed by atoms with E-state index in [0.29, 0.717) is 6.54 Å². The summed E-state index contributed by atoms with van der Waals surface area (Å²) >= 11 is 0. The zero-order chi connectivity index (χ0) is 11.3. The van der Waals surface area contributed by atoms with E-state index in [1.165, 1.54) is 13.2 Å². The molecule has 0 spiro atoms. The van der Waals surface area contributed by atoms with Gasteiger partial charge < -0.3 is 15.8 Å². The number of hydrogen-bond acceptors (Lipinski definition) is 3. The van der Waals surface area contributed by atoms with Crippen LogP contribution in [0, 0.1) is 5.82 Å². The van der Waals surface area contributed by atoms with Crippen molar-refractivity contribution >= 4 is 0 Å². The van der Waals surface area contributed by atoms with Gasteiger partial charge >= 0.3 is 0 Å². The Morgan fingerprint density at radius 1 is 1.53 bits per heavy atom. The predicted molar refractivity (Wildman–Crippen MR) is 58.4 cm³/mol. The molecule has 3 N–H and O–H groups in total. The third kappa shape index (κ3) is 3.18. The Kier molecular flexibility index (Phi) is 4.52. The first-order valence-electron chi connectivity index (χ1n) is 4.98. The molecule has 0 radical (unpaired) electrons. The normalized spacial score (nSPS) is 12.5. The van der Waals surface area contributed by atoms with Crippen LogP contribution in [-0.4, -0.2) is 20.2 Å². The van der Waals surface area contributed by atoms with Gasteiger partial charge in [0.15, 0.2) is 11.6 Å². The molecule has 1 atom stereocenters. The molecule has 0 heterocycles. The van der Waals surface area contributed by atoms with Gasteiger partial charge in [0.05, 0.1) is 7.11 Å². The summed E-state index contributed by atoms with van der Waals surface area (Å²) in [5.41, 5.74) is 6.64. The summed E-state index contributed by atoms with van der Waals surface area (Å²) in [6.07, 6.45) is 0. The average Bonchev–Trinajstić information content (AvgIpc) is 2.25. The lowest BCUT2D eigenvalue weighted by atomic mass is 10.1. The standard InChI is InChI=1S/C11H17FN2O/c1-3-14-7-10(13)8-4-5-11(15-2)9(12)6-8/h4-6,10,14H,3,7,13H2,1-2H3. The second-order valence-corrected chi connectivity index (χ2v) is 3.31. The van der Waals surface area contributed by atoms with Crippen LogP contribution < -0.4 is 15.8 Å².